The Labute approximate surface area is 152 Å². The lowest BCUT2D eigenvalue weighted by molar-refractivity contribution is -0.120. The fourth-order valence-electron chi connectivity index (χ4n) is 2.30. The molecule has 0 atom stereocenters. The summed E-state index contributed by atoms with van der Waals surface area (Å²) in [6.45, 7) is 0.350. The Morgan fingerprint density at radius 2 is 1.70 bits per heavy atom. The molecule has 2 amide bonds. The molecule has 0 fully saturated rings. The number of para-hydroxylation sites is 1. The van der Waals surface area contributed by atoms with E-state index in [1.165, 1.54) is 19.2 Å². The number of ether oxygens (including phenoxy) is 1. The van der Waals surface area contributed by atoms with Crippen molar-refractivity contribution in [2.75, 3.05) is 23.9 Å². The molecule has 2 aromatic carbocycles. The molecule has 2 rings (SSSR count). The SMILES string of the molecule is COC(=O)c1ccccc1NC(=O)CN(C(C)=O)c1ccc(F)c(F)c1F. The molecule has 27 heavy (non-hydrogen) atoms. The third kappa shape index (κ3) is 4.43. The van der Waals surface area contributed by atoms with E-state index in [-0.39, 0.29) is 11.3 Å². The summed E-state index contributed by atoms with van der Waals surface area (Å²) >= 11 is 0. The van der Waals surface area contributed by atoms with Gasteiger partial charge in [-0.1, -0.05) is 12.1 Å². The zero-order valence-electron chi connectivity index (χ0n) is 14.4. The van der Waals surface area contributed by atoms with Crippen LogP contribution in [0.3, 0.4) is 0 Å². The molecule has 0 aliphatic rings. The van der Waals surface area contributed by atoms with Crippen molar-refractivity contribution in [3.8, 4) is 0 Å². The number of hydrogen-bond acceptors (Lipinski definition) is 4. The molecule has 0 radical (unpaired) electrons. The van der Waals surface area contributed by atoms with Gasteiger partial charge in [0.1, 0.15) is 6.54 Å². The summed E-state index contributed by atoms with van der Waals surface area (Å²) in [4.78, 5) is 36.4. The Hall–Kier alpha value is -3.36. The first-order valence-corrected chi connectivity index (χ1v) is 7.65. The predicted molar refractivity (Wildman–Crippen MR) is 90.8 cm³/mol. The van der Waals surface area contributed by atoms with Gasteiger partial charge in [-0.05, 0) is 24.3 Å². The van der Waals surface area contributed by atoms with Gasteiger partial charge in [0.15, 0.2) is 17.5 Å². The molecule has 0 aliphatic heterocycles. The molecule has 142 valence electrons. The van der Waals surface area contributed by atoms with Gasteiger partial charge in [0.2, 0.25) is 11.8 Å². The standard InChI is InChI=1S/C18H15F3N2O4/c1-10(24)23(14-8-7-12(19)16(20)17(14)21)9-15(25)22-13-6-4-3-5-11(13)18(26)27-2/h3-8H,9H2,1-2H3,(H,22,25). The van der Waals surface area contributed by atoms with Gasteiger partial charge in [0, 0.05) is 6.92 Å². The lowest BCUT2D eigenvalue weighted by Crippen LogP contribution is -2.37. The Morgan fingerprint density at radius 1 is 1.04 bits per heavy atom. The van der Waals surface area contributed by atoms with E-state index < -0.39 is 47.5 Å². The summed E-state index contributed by atoms with van der Waals surface area (Å²) in [7, 11) is 1.17. The van der Waals surface area contributed by atoms with Crippen LogP contribution in [0.15, 0.2) is 36.4 Å². The van der Waals surface area contributed by atoms with Crippen LogP contribution in [-0.2, 0) is 14.3 Å². The van der Waals surface area contributed by atoms with Gasteiger partial charge in [-0.25, -0.2) is 18.0 Å². The van der Waals surface area contributed by atoms with Gasteiger partial charge >= 0.3 is 5.97 Å². The molecule has 0 saturated heterocycles. The summed E-state index contributed by atoms with van der Waals surface area (Å²) in [5, 5.41) is 2.40. The van der Waals surface area contributed by atoms with Gasteiger partial charge in [-0.2, -0.15) is 0 Å². The van der Waals surface area contributed by atoms with E-state index in [2.05, 4.69) is 10.1 Å². The number of carbonyl (C=O) groups is 3. The van der Waals surface area contributed by atoms with E-state index in [1.807, 2.05) is 0 Å². The van der Waals surface area contributed by atoms with Crippen LogP contribution in [-0.4, -0.2) is 31.4 Å². The molecular formula is C18H15F3N2O4. The van der Waals surface area contributed by atoms with E-state index >= 15 is 0 Å². The number of anilines is 2. The smallest absolute Gasteiger partial charge is 0.339 e. The maximum Gasteiger partial charge on any atom is 0.339 e. The van der Waals surface area contributed by atoms with Crippen LogP contribution in [0.1, 0.15) is 17.3 Å². The van der Waals surface area contributed by atoms with E-state index in [9.17, 15) is 27.6 Å². The van der Waals surface area contributed by atoms with Crippen LogP contribution in [0.4, 0.5) is 24.5 Å². The normalized spacial score (nSPS) is 10.3. The van der Waals surface area contributed by atoms with Crippen LogP contribution in [0.25, 0.3) is 0 Å². The van der Waals surface area contributed by atoms with Crippen molar-refractivity contribution in [3.05, 3.63) is 59.4 Å². The van der Waals surface area contributed by atoms with Crippen molar-refractivity contribution in [1.82, 2.24) is 0 Å². The zero-order chi connectivity index (χ0) is 20.1. The third-order valence-electron chi connectivity index (χ3n) is 3.59. The maximum absolute atomic E-state index is 14.0. The van der Waals surface area contributed by atoms with Gasteiger partial charge in [0.25, 0.3) is 0 Å². The molecule has 0 aliphatic carbocycles. The average molecular weight is 380 g/mol. The zero-order valence-corrected chi connectivity index (χ0v) is 14.4. The lowest BCUT2D eigenvalue weighted by Gasteiger charge is -2.21. The number of hydrogen-bond donors (Lipinski definition) is 1. The van der Waals surface area contributed by atoms with E-state index in [1.54, 1.807) is 12.1 Å². The first-order valence-electron chi connectivity index (χ1n) is 7.65. The molecule has 0 spiro atoms. The molecule has 0 bridgehead atoms. The first kappa shape index (κ1) is 20.0. The number of esters is 1. The molecular weight excluding hydrogens is 365 g/mol. The summed E-state index contributed by atoms with van der Waals surface area (Å²) in [6, 6.07) is 7.46. The molecule has 0 heterocycles. The molecule has 0 unspecified atom stereocenters. The fourth-order valence-corrected chi connectivity index (χ4v) is 2.30. The number of carbonyl (C=O) groups excluding carboxylic acids is 3. The summed E-state index contributed by atoms with van der Waals surface area (Å²) in [5.41, 5.74) is -0.400. The number of methoxy groups -OCH3 is 1. The van der Waals surface area contributed by atoms with Gasteiger partial charge < -0.3 is 15.0 Å². The number of amides is 2. The first-order chi connectivity index (χ1) is 12.8. The van der Waals surface area contributed by atoms with Crippen molar-refractivity contribution in [2.45, 2.75) is 6.92 Å². The maximum atomic E-state index is 14.0. The minimum Gasteiger partial charge on any atom is -0.465 e. The van der Waals surface area contributed by atoms with Crippen LogP contribution >= 0.6 is 0 Å². The molecule has 9 heteroatoms. The second kappa shape index (κ2) is 8.35. The Kier molecular flexibility index (Phi) is 6.17. The highest BCUT2D eigenvalue weighted by Gasteiger charge is 2.23. The number of nitrogens with one attached hydrogen (secondary N) is 1. The van der Waals surface area contributed by atoms with Crippen LogP contribution in [0, 0.1) is 17.5 Å². The Balaban J connectivity index is 2.26. The van der Waals surface area contributed by atoms with Crippen LogP contribution in [0.5, 0.6) is 0 Å². The molecule has 2 aromatic rings. The molecule has 0 saturated carbocycles. The monoisotopic (exact) mass is 380 g/mol. The number of halogens is 3. The number of rotatable bonds is 5. The van der Waals surface area contributed by atoms with Gasteiger partial charge in [0.05, 0.1) is 24.0 Å². The minimum absolute atomic E-state index is 0.0710. The highest BCUT2D eigenvalue weighted by atomic mass is 19.2. The second-order valence-corrected chi connectivity index (χ2v) is 5.38. The van der Waals surface area contributed by atoms with E-state index in [4.69, 9.17) is 0 Å². The van der Waals surface area contributed by atoms with Crippen molar-refractivity contribution < 1.29 is 32.3 Å². The van der Waals surface area contributed by atoms with Crippen LogP contribution < -0.4 is 10.2 Å². The van der Waals surface area contributed by atoms with Crippen LogP contribution in [0.2, 0.25) is 0 Å². The average Bonchev–Trinajstić information content (AvgIpc) is 2.64. The van der Waals surface area contributed by atoms with Crippen molar-refractivity contribution in [1.29, 1.82) is 0 Å². The van der Waals surface area contributed by atoms with Gasteiger partial charge in [-0.15, -0.1) is 0 Å². The Bertz CT molecular complexity index is 902. The summed E-state index contributed by atoms with van der Waals surface area (Å²) in [6.07, 6.45) is 0. The quantitative estimate of drug-likeness (QED) is 0.639. The lowest BCUT2D eigenvalue weighted by atomic mass is 10.1. The number of nitrogens with zero attached hydrogens (tertiary/aromatic N) is 1. The fraction of sp³-hybridized carbons (Fsp3) is 0.167. The Morgan fingerprint density at radius 3 is 2.33 bits per heavy atom. The van der Waals surface area contributed by atoms with E-state index in [0.717, 1.165) is 13.0 Å². The van der Waals surface area contributed by atoms with Crippen molar-refractivity contribution in [3.63, 3.8) is 0 Å². The largest absolute Gasteiger partial charge is 0.465 e. The molecule has 0 aromatic heterocycles. The third-order valence-corrected chi connectivity index (χ3v) is 3.59. The molecule has 1 N–H and O–H groups in total. The highest BCUT2D eigenvalue weighted by Crippen LogP contribution is 2.24. The van der Waals surface area contributed by atoms with Crippen molar-refractivity contribution in [2.24, 2.45) is 0 Å². The van der Waals surface area contributed by atoms with Gasteiger partial charge in [-0.3, -0.25) is 9.59 Å². The second-order valence-electron chi connectivity index (χ2n) is 5.38. The van der Waals surface area contributed by atoms with Crippen molar-refractivity contribution >= 4 is 29.2 Å². The number of benzene rings is 2. The minimum atomic E-state index is -1.75. The molecule has 6 nitrogen and oxygen atoms in total. The summed E-state index contributed by atoms with van der Waals surface area (Å²) in [5.74, 6) is -7.01. The highest BCUT2D eigenvalue weighted by molar-refractivity contribution is 6.05. The topological polar surface area (TPSA) is 75.7 Å². The predicted octanol–water partition coefficient (Wildman–Crippen LogP) is 2.88. The van der Waals surface area contributed by atoms with E-state index in [0.29, 0.717) is 11.0 Å². The summed E-state index contributed by atoms with van der Waals surface area (Å²) < 4.78 is 45.1.